The molecule has 0 aliphatic carbocycles. The summed E-state index contributed by atoms with van der Waals surface area (Å²) < 4.78 is 10.8. The fourth-order valence-corrected chi connectivity index (χ4v) is 3.12. The number of aryl methyl sites for hydroxylation is 1. The van der Waals surface area contributed by atoms with Crippen molar-refractivity contribution in [1.29, 1.82) is 0 Å². The van der Waals surface area contributed by atoms with Gasteiger partial charge in [0, 0.05) is 5.69 Å². The number of aromatic nitrogens is 1. The van der Waals surface area contributed by atoms with Crippen molar-refractivity contribution in [3.63, 3.8) is 0 Å². The molecule has 2 N–H and O–H groups in total. The summed E-state index contributed by atoms with van der Waals surface area (Å²) in [7, 11) is 3.20. The summed E-state index contributed by atoms with van der Waals surface area (Å²) in [5, 5.41) is 0.573. The number of hydrogen-bond donors (Lipinski definition) is 2. The Bertz CT molecular complexity index is 752. The third kappa shape index (κ3) is 3.56. The van der Waals surface area contributed by atoms with Gasteiger partial charge in [-0.25, -0.2) is 0 Å². The molecule has 2 aromatic rings. The lowest BCUT2D eigenvalue weighted by molar-refractivity contribution is -0.912. The first-order chi connectivity index (χ1) is 11.6. The number of hydrogen-bond acceptors (Lipinski definition) is 3. The monoisotopic (exact) mass is 333 g/mol. The molecule has 0 radical (unpaired) electrons. The second-order valence-electron chi connectivity index (χ2n) is 6.16. The van der Waals surface area contributed by atoms with Gasteiger partial charge in [0.1, 0.15) is 18.0 Å². The average molecular weight is 333 g/mol. The number of aromatic amines is 1. The van der Waals surface area contributed by atoms with Crippen molar-refractivity contribution in [1.82, 2.24) is 4.98 Å². The second kappa shape index (κ2) is 8.20. The van der Waals surface area contributed by atoms with Crippen LogP contribution in [0, 0.1) is 6.92 Å². The normalized spacial score (nSPS) is 12.4. The first-order valence-electron chi connectivity index (χ1n) is 8.67. The lowest BCUT2D eigenvalue weighted by Crippen LogP contribution is -3.10. The molecule has 1 unspecified atom stereocenters. The highest BCUT2D eigenvalue weighted by molar-refractivity contribution is 5.90. The Hall–Kier alpha value is -2.01. The molecule has 0 aliphatic heterocycles. The number of pyridine rings is 1. The Labute approximate surface area is 143 Å². The number of quaternary nitrogens is 1. The molecule has 24 heavy (non-hydrogen) atoms. The van der Waals surface area contributed by atoms with Crippen molar-refractivity contribution in [2.45, 2.75) is 40.2 Å². The third-order valence-corrected chi connectivity index (χ3v) is 4.65. The van der Waals surface area contributed by atoms with Crippen LogP contribution in [0.25, 0.3) is 10.9 Å². The molecular formula is C19H29N2O3+. The summed E-state index contributed by atoms with van der Waals surface area (Å²) >= 11 is 0. The minimum Gasteiger partial charge on any atom is -0.496 e. The van der Waals surface area contributed by atoms with E-state index in [0.717, 1.165) is 30.9 Å². The number of H-pyrrole nitrogens is 1. The Morgan fingerprint density at radius 1 is 1.12 bits per heavy atom. The highest BCUT2D eigenvalue weighted by Gasteiger charge is 2.19. The molecule has 1 aromatic carbocycles. The third-order valence-electron chi connectivity index (χ3n) is 4.65. The van der Waals surface area contributed by atoms with Gasteiger partial charge in [-0.2, -0.15) is 0 Å². The van der Waals surface area contributed by atoms with Gasteiger partial charge < -0.3 is 19.4 Å². The van der Waals surface area contributed by atoms with E-state index in [1.165, 1.54) is 17.7 Å². The number of nitrogens with one attached hydrogen (secondary N) is 2. The van der Waals surface area contributed by atoms with Crippen LogP contribution in [0.15, 0.2) is 16.9 Å². The molecule has 2 rings (SSSR count). The highest BCUT2D eigenvalue weighted by Crippen LogP contribution is 2.30. The Balaban J connectivity index is 2.57. The largest absolute Gasteiger partial charge is 0.496 e. The zero-order chi connectivity index (χ0) is 17.7. The molecule has 5 heteroatoms. The molecule has 5 nitrogen and oxygen atoms in total. The molecule has 0 saturated heterocycles. The van der Waals surface area contributed by atoms with Gasteiger partial charge in [-0.15, -0.1) is 0 Å². The molecule has 0 spiro atoms. The standard InChI is InChI=1S/C19H28N2O3/c1-6-8-11-21(7-2)12-14-13(3)20-18-16(24-5)10-9-15(23-4)17(18)19(14)22/h9-10H,6-8,11-12H2,1-5H3,(H,20,22)/p+1. The van der Waals surface area contributed by atoms with Crippen LogP contribution in [0.1, 0.15) is 37.9 Å². The van der Waals surface area contributed by atoms with Crippen molar-refractivity contribution in [3.8, 4) is 11.5 Å². The molecule has 1 aromatic heterocycles. The number of benzene rings is 1. The molecule has 0 aliphatic rings. The zero-order valence-electron chi connectivity index (χ0n) is 15.4. The highest BCUT2D eigenvalue weighted by atomic mass is 16.5. The number of methoxy groups -OCH3 is 2. The van der Waals surface area contributed by atoms with Crippen LogP contribution in [0.3, 0.4) is 0 Å². The molecular weight excluding hydrogens is 304 g/mol. The van der Waals surface area contributed by atoms with Crippen LogP contribution in [-0.2, 0) is 6.54 Å². The summed E-state index contributed by atoms with van der Waals surface area (Å²) in [5.74, 6) is 1.24. The molecule has 0 bridgehead atoms. The number of fused-ring (bicyclic) bond motifs is 1. The van der Waals surface area contributed by atoms with E-state index in [1.807, 2.05) is 13.0 Å². The fraction of sp³-hybridized carbons (Fsp3) is 0.526. The molecule has 0 fully saturated rings. The van der Waals surface area contributed by atoms with Crippen LogP contribution < -0.4 is 19.8 Å². The van der Waals surface area contributed by atoms with Crippen LogP contribution in [-0.4, -0.2) is 32.3 Å². The fourth-order valence-electron chi connectivity index (χ4n) is 3.12. The van der Waals surface area contributed by atoms with E-state index in [1.54, 1.807) is 20.3 Å². The topological polar surface area (TPSA) is 55.8 Å². The SMILES string of the molecule is CCCC[NH+](CC)Cc1c(C)[nH]c2c(OC)ccc(OC)c2c1=O. The molecule has 132 valence electrons. The van der Waals surface area contributed by atoms with E-state index in [9.17, 15) is 4.79 Å². The van der Waals surface area contributed by atoms with Crippen LogP contribution in [0.5, 0.6) is 11.5 Å². The van der Waals surface area contributed by atoms with E-state index >= 15 is 0 Å². The summed E-state index contributed by atoms with van der Waals surface area (Å²) in [6.45, 7) is 9.14. The lowest BCUT2D eigenvalue weighted by atomic mass is 10.1. The molecule has 0 amide bonds. The van der Waals surface area contributed by atoms with Gasteiger partial charge in [-0.3, -0.25) is 4.79 Å². The lowest BCUT2D eigenvalue weighted by Gasteiger charge is -2.19. The Kier molecular flexibility index (Phi) is 6.26. The van der Waals surface area contributed by atoms with Crippen molar-refractivity contribution in [2.75, 3.05) is 27.3 Å². The number of rotatable bonds is 8. The summed E-state index contributed by atoms with van der Waals surface area (Å²) in [4.78, 5) is 17.9. The maximum Gasteiger partial charge on any atom is 0.202 e. The summed E-state index contributed by atoms with van der Waals surface area (Å²) in [5.41, 5.74) is 2.48. The van der Waals surface area contributed by atoms with Gasteiger partial charge in [0.2, 0.25) is 5.43 Å². The van der Waals surface area contributed by atoms with E-state index in [2.05, 4.69) is 18.8 Å². The van der Waals surface area contributed by atoms with Crippen molar-refractivity contribution >= 4 is 10.9 Å². The van der Waals surface area contributed by atoms with Gasteiger partial charge in [-0.05, 0) is 32.4 Å². The van der Waals surface area contributed by atoms with Crippen LogP contribution >= 0.6 is 0 Å². The van der Waals surface area contributed by atoms with Crippen molar-refractivity contribution < 1.29 is 14.4 Å². The Morgan fingerprint density at radius 2 is 1.79 bits per heavy atom. The minimum atomic E-state index is 0.0412. The maximum absolute atomic E-state index is 13.2. The number of ether oxygens (including phenoxy) is 2. The smallest absolute Gasteiger partial charge is 0.202 e. The summed E-state index contributed by atoms with van der Waals surface area (Å²) in [6, 6.07) is 3.61. The second-order valence-corrected chi connectivity index (χ2v) is 6.16. The molecule has 1 heterocycles. The van der Waals surface area contributed by atoms with Gasteiger partial charge in [-0.1, -0.05) is 13.3 Å². The Morgan fingerprint density at radius 3 is 2.38 bits per heavy atom. The van der Waals surface area contributed by atoms with E-state index in [4.69, 9.17) is 9.47 Å². The quantitative estimate of drug-likeness (QED) is 0.777. The van der Waals surface area contributed by atoms with Gasteiger partial charge >= 0.3 is 0 Å². The van der Waals surface area contributed by atoms with Gasteiger partial charge in [0.05, 0.1) is 43.8 Å². The van der Waals surface area contributed by atoms with Crippen molar-refractivity contribution in [2.24, 2.45) is 0 Å². The van der Waals surface area contributed by atoms with E-state index in [0.29, 0.717) is 22.4 Å². The molecule has 1 atom stereocenters. The van der Waals surface area contributed by atoms with Gasteiger partial charge in [0.25, 0.3) is 0 Å². The maximum atomic E-state index is 13.2. The van der Waals surface area contributed by atoms with E-state index in [-0.39, 0.29) is 5.43 Å². The summed E-state index contributed by atoms with van der Waals surface area (Å²) in [6.07, 6.45) is 2.34. The van der Waals surface area contributed by atoms with Crippen LogP contribution in [0.4, 0.5) is 0 Å². The predicted octanol–water partition coefficient (Wildman–Crippen LogP) is 2.06. The van der Waals surface area contributed by atoms with E-state index < -0.39 is 0 Å². The molecule has 0 saturated carbocycles. The first kappa shape index (κ1) is 18.3. The zero-order valence-corrected chi connectivity index (χ0v) is 15.4. The van der Waals surface area contributed by atoms with Crippen LogP contribution in [0.2, 0.25) is 0 Å². The van der Waals surface area contributed by atoms with Crippen molar-refractivity contribution in [3.05, 3.63) is 33.6 Å². The first-order valence-corrected chi connectivity index (χ1v) is 8.67. The average Bonchev–Trinajstić information content (AvgIpc) is 2.60. The van der Waals surface area contributed by atoms with Gasteiger partial charge in [0.15, 0.2) is 0 Å². The number of unbranched alkanes of at least 4 members (excludes halogenated alkanes) is 1. The minimum absolute atomic E-state index is 0.0412. The predicted molar refractivity (Wildman–Crippen MR) is 97.4 cm³/mol.